The van der Waals surface area contributed by atoms with Gasteiger partial charge in [0.2, 0.25) is 0 Å². The number of hydrogen-bond donors (Lipinski definition) is 1. The SMILES string of the molecule is COc1cccc(OC(C)C(=O)NCCc2ccc(Cl)cc2)c1. The Morgan fingerprint density at radius 2 is 1.87 bits per heavy atom. The van der Waals surface area contributed by atoms with Crippen LogP contribution < -0.4 is 14.8 Å². The number of amides is 1. The Bertz CT molecular complexity index is 643. The molecule has 0 heterocycles. The van der Waals surface area contributed by atoms with E-state index in [1.807, 2.05) is 36.4 Å². The summed E-state index contributed by atoms with van der Waals surface area (Å²) in [7, 11) is 1.59. The van der Waals surface area contributed by atoms with Crippen molar-refractivity contribution in [1.29, 1.82) is 0 Å². The maximum absolute atomic E-state index is 12.1. The lowest BCUT2D eigenvalue weighted by Gasteiger charge is -2.15. The highest BCUT2D eigenvalue weighted by Crippen LogP contribution is 2.19. The molecule has 122 valence electrons. The van der Waals surface area contributed by atoms with Crippen LogP contribution in [-0.2, 0) is 11.2 Å². The molecular formula is C18H20ClNO3. The number of carbonyl (C=O) groups is 1. The van der Waals surface area contributed by atoms with Crippen LogP contribution >= 0.6 is 11.6 Å². The molecule has 0 aliphatic carbocycles. The minimum atomic E-state index is -0.577. The zero-order valence-corrected chi connectivity index (χ0v) is 14.0. The van der Waals surface area contributed by atoms with E-state index < -0.39 is 6.10 Å². The van der Waals surface area contributed by atoms with Gasteiger partial charge in [-0.15, -0.1) is 0 Å². The van der Waals surface area contributed by atoms with E-state index in [1.165, 1.54) is 0 Å². The van der Waals surface area contributed by atoms with Crippen LogP contribution in [0.25, 0.3) is 0 Å². The largest absolute Gasteiger partial charge is 0.497 e. The van der Waals surface area contributed by atoms with Crippen LogP contribution in [0.5, 0.6) is 11.5 Å². The van der Waals surface area contributed by atoms with Gasteiger partial charge in [0.15, 0.2) is 6.10 Å². The van der Waals surface area contributed by atoms with Gasteiger partial charge in [-0.25, -0.2) is 0 Å². The number of methoxy groups -OCH3 is 1. The quantitative estimate of drug-likeness (QED) is 0.844. The highest BCUT2D eigenvalue weighted by Gasteiger charge is 2.14. The molecule has 4 nitrogen and oxygen atoms in total. The molecule has 0 aliphatic heterocycles. The second-order valence-electron chi connectivity index (χ2n) is 5.11. The summed E-state index contributed by atoms with van der Waals surface area (Å²) in [6, 6.07) is 14.8. The number of hydrogen-bond acceptors (Lipinski definition) is 3. The lowest BCUT2D eigenvalue weighted by atomic mass is 10.1. The van der Waals surface area contributed by atoms with E-state index >= 15 is 0 Å². The average molecular weight is 334 g/mol. The Morgan fingerprint density at radius 3 is 2.57 bits per heavy atom. The molecule has 2 aromatic rings. The molecule has 0 bridgehead atoms. The fourth-order valence-electron chi connectivity index (χ4n) is 2.06. The number of rotatable bonds is 7. The summed E-state index contributed by atoms with van der Waals surface area (Å²) in [6.07, 6.45) is 0.168. The first kappa shape index (κ1) is 17.2. The smallest absolute Gasteiger partial charge is 0.260 e. The van der Waals surface area contributed by atoms with Crippen molar-refractivity contribution in [3.63, 3.8) is 0 Å². The summed E-state index contributed by atoms with van der Waals surface area (Å²) in [5.74, 6) is 1.14. The minimum Gasteiger partial charge on any atom is -0.497 e. The molecular weight excluding hydrogens is 314 g/mol. The van der Waals surface area contributed by atoms with Gasteiger partial charge >= 0.3 is 0 Å². The summed E-state index contributed by atoms with van der Waals surface area (Å²) in [6.45, 7) is 2.27. The van der Waals surface area contributed by atoms with Crippen LogP contribution in [0, 0.1) is 0 Å². The molecule has 1 unspecified atom stereocenters. The lowest BCUT2D eigenvalue weighted by molar-refractivity contribution is -0.127. The van der Waals surface area contributed by atoms with Gasteiger partial charge in [0.25, 0.3) is 5.91 Å². The van der Waals surface area contributed by atoms with Gasteiger partial charge in [0.05, 0.1) is 7.11 Å². The first-order chi connectivity index (χ1) is 11.1. The molecule has 0 aliphatic rings. The van der Waals surface area contributed by atoms with Crippen LogP contribution in [0.2, 0.25) is 5.02 Å². The molecule has 0 spiro atoms. The fraction of sp³-hybridized carbons (Fsp3) is 0.278. The van der Waals surface area contributed by atoms with Gasteiger partial charge in [-0.3, -0.25) is 4.79 Å². The van der Waals surface area contributed by atoms with Gasteiger partial charge in [-0.1, -0.05) is 29.8 Å². The van der Waals surface area contributed by atoms with Gasteiger partial charge in [0, 0.05) is 17.6 Å². The summed E-state index contributed by atoms with van der Waals surface area (Å²) < 4.78 is 10.8. The Balaban J connectivity index is 1.79. The van der Waals surface area contributed by atoms with Gasteiger partial charge in [-0.2, -0.15) is 0 Å². The highest BCUT2D eigenvalue weighted by molar-refractivity contribution is 6.30. The van der Waals surface area contributed by atoms with Crippen LogP contribution in [-0.4, -0.2) is 25.7 Å². The van der Waals surface area contributed by atoms with E-state index in [1.54, 1.807) is 26.2 Å². The zero-order chi connectivity index (χ0) is 16.7. The van der Waals surface area contributed by atoms with Gasteiger partial charge in [-0.05, 0) is 43.2 Å². The molecule has 2 rings (SSSR count). The van der Waals surface area contributed by atoms with Crippen molar-refractivity contribution >= 4 is 17.5 Å². The average Bonchev–Trinajstić information content (AvgIpc) is 2.56. The van der Waals surface area contributed by atoms with E-state index in [0.717, 1.165) is 12.0 Å². The number of halogens is 1. The molecule has 1 N–H and O–H groups in total. The van der Waals surface area contributed by atoms with Crippen molar-refractivity contribution in [3.05, 3.63) is 59.1 Å². The van der Waals surface area contributed by atoms with Crippen molar-refractivity contribution in [1.82, 2.24) is 5.32 Å². The van der Waals surface area contributed by atoms with E-state index in [4.69, 9.17) is 21.1 Å². The summed E-state index contributed by atoms with van der Waals surface area (Å²) in [5.41, 5.74) is 1.12. The van der Waals surface area contributed by atoms with E-state index in [9.17, 15) is 4.79 Å². The standard InChI is InChI=1S/C18H20ClNO3/c1-13(23-17-5-3-4-16(12-17)22-2)18(21)20-11-10-14-6-8-15(19)9-7-14/h3-9,12-13H,10-11H2,1-2H3,(H,20,21). The van der Waals surface area contributed by atoms with Gasteiger partial charge < -0.3 is 14.8 Å². The Hall–Kier alpha value is -2.20. The third-order valence-corrected chi connectivity index (χ3v) is 3.60. The molecule has 1 amide bonds. The molecule has 0 aromatic heterocycles. The van der Waals surface area contributed by atoms with E-state index in [2.05, 4.69) is 5.32 Å². The molecule has 23 heavy (non-hydrogen) atoms. The summed E-state index contributed by atoms with van der Waals surface area (Å²) in [5, 5.41) is 3.57. The topological polar surface area (TPSA) is 47.6 Å². The second-order valence-corrected chi connectivity index (χ2v) is 5.54. The van der Waals surface area contributed by atoms with E-state index in [-0.39, 0.29) is 5.91 Å². The first-order valence-corrected chi connectivity index (χ1v) is 7.79. The monoisotopic (exact) mass is 333 g/mol. The zero-order valence-electron chi connectivity index (χ0n) is 13.2. The van der Waals surface area contributed by atoms with Crippen LogP contribution in [0.4, 0.5) is 0 Å². The van der Waals surface area contributed by atoms with E-state index in [0.29, 0.717) is 23.1 Å². The molecule has 2 aromatic carbocycles. The Labute approximate surface area is 141 Å². The molecule has 0 fully saturated rings. The molecule has 1 atom stereocenters. The normalized spacial score (nSPS) is 11.6. The van der Waals surface area contributed by atoms with Crippen molar-refractivity contribution in [2.75, 3.05) is 13.7 Å². The Morgan fingerprint density at radius 1 is 1.17 bits per heavy atom. The van der Waals surface area contributed by atoms with Crippen molar-refractivity contribution in [2.45, 2.75) is 19.4 Å². The summed E-state index contributed by atoms with van der Waals surface area (Å²) in [4.78, 5) is 12.1. The van der Waals surface area contributed by atoms with Crippen LogP contribution in [0.1, 0.15) is 12.5 Å². The van der Waals surface area contributed by atoms with Crippen LogP contribution in [0.15, 0.2) is 48.5 Å². The second kappa shape index (κ2) is 8.44. The fourth-order valence-corrected chi connectivity index (χ4v) is 2.18. The van der Waals surface area contributed by atoms with Crippen LogP contribution in [0.3, 0.4) is 0 Å². The minimum absolute atomic E-state index is 0.151. The number of carbonyl (C=O) groups excluding carboxylic acids is 1. The lowest BCUT2D eigenvalue weighted by Crippen LogP contribution is -2.37. The van der Waals surface area contributed by atoms with Crippen molar-refractivity contribution in [2.24, 2.45) is 0 Å². The summed E-state index contributed by atoms with van der Waals surface area (Å²) >= 11 is 5.84. The maximum Gasteiger partial charge on any atom is 0.260 e. The van der Waals surface area contributed by atoms with Crippen molar-refractivity contribution < 1.29 is 14.3 Å². The third kappa shape index (κ3) is 5.49. The van der Waals surface area contributed by atoms with Gasteiger partial charge in [0.1, 0.15) is 11.5 Å². The first-order valence-electron chi connectivity index (χ1n) is 7.41. The third-order valence-electron chi connectivity index (χ3n) is 3.35. The predicted molar refractivity (Wildman–Crippen MR) is 91.2 cm³/mol. The molecule has 0 radical (unpaired) electrons. The number of ether oxygens (including phenoxy) is 2. The number of benzene rings is 2. The predicted octanol–water partition coefficient (Wildman–Crippen LogP) is 3.47. The molecule has 5 heteroatoms. The molecule has 0 saturated carbocycles. The Kier molecular flexibility index (Phi) is 6.29. The van der Waals surface area contributed by atoms with Crippen molar-refractivity contribution in [3.8, 4) is 11.5 Å². The number of nitrogens with one attached hydrogen (secondary N) is 1. The maximum atomic E-state index is 12.1. The molecule has 0 saturated heterocycles. The highest BCUT2D eigenvalue weighted by atomic mass is 35.5.